The molecule has 7 heteroatoms. The largest absolute Gasteiger partial charge is 0.473 e. The van der Waals surface area contributed by atoms with Gasteiger partial charge in [-0.3, -0.25) is 0 Å². The molecule has 0 saturated heterocycles. The molecular weight excluding hydrogens is 383 g/mol. The third-order valence-electron chi connectivity index (χ3n) is 3.97. The van der Waals surface area contributed by atoms with Crippen LogP contribution in [0.4, 0.5) is 0 Å². The summed E-state index contributed by atoms with van der Waals surface area (Å²) in [6.45, 7) is 3.89. The van der Waals surface area contributed by atoms with Crippen molar-refractivity contribution in [2.75, 3.05) is 0 Å². The minimum absolute atomic E-state index is 0.0347. The van der Waals surface area contributed by atoms with Crippen molar-refractivity contribution in [2.24, 2.45) is 0 Å². The van der Waals surface area contributed by atoms with Crippen molar-refractivity contribution in [2.45, 2.75) is 20.0 Å². The molecule has 0 aliphatic heterocycles. The lowest BCUT2D eigenvalue weighted by Gasteiger charge is -2.09. The SMILES string of the molecule is CC(C)Oc1ncnc2c(-c3ccc(Cl)cc3)n(-c3ccccc3Cl)nc12. The molecule has 0 amide bonds. The van der Waals surface area contributed by atoms with E-state index in [1.54, 1.807) is 4.68 Å². The number of hydrogen-bond donors (Lipinski definition) is 0. The zero-order chi connectivity index (χ0) is 19.0. The third kappa shape index (κ3) is 3.36. The normalized spacial score (nSPS) is 11.3. The number of rotatable bonds is 4. The molecule has 0 fully saturated rings. The molecule has 0 unspecified atom stereocenters. The highest BCUT2D eigenvalue weighted by Gasteiger charge is 2.21. The van der Waals surface area contributed by atoms with E-state index in [1.807, 2.05) is 62.4 Å². The first kappa shape index (κ1) is 17.8. The van der Waals surface area contributed by atoms with Crippen molar-refractivity contribution in [3.05, 3.63) is 64.9 Å². The number of nitrogens with zero attached hydrogens (tertiary/aromatic N) is 4. The van der Waals surface area contributed by atoms with Gasteiger partial charge in [-0.1, -0.05) is 47.5 Å². The van der Waals surface area contributed by atoms with Crippen molar-refractivity contribution in [3.8, 4) is 22.8 Å². The minimum Gasteiger partial charge on any atom is -0.473 e. The molecule has 27 heavy (non-hydrogen) atoms. The average molecular weight is 399 g/mol. The van der Waals surface area contributed by atoms with Crippen LogP contribution in [0.5, 0.6) is 5.88 Å². The molecular formula is C20H16Cl2N4O. The molecule has 0 aliphatic rings. The van der Waals surface area contributed by atoms with E-state index in [1.165, 1.54) is 6.33 Å². The molecule has 4 aromatic rings. The van der Waals surface area contributed by atoms with Crippen LogP contribution >= 0.6 is 23.2 Å². The smallest absolute Gasteiger partial charge is 0.245 e. The van der Waals surface area contributed by atoms with Crippen molar-refractivity contribution in [3.63, 3.8) is 0 Å². The van der Waals surface area contributed by atoms with E-state index < -0.39 is 0 Å². The van der Waals surface area contributed by atoms with Gasteiger partial charge in [0.25, 0.3) is 0 Å². The monoisotopic (exact) mass is 398 g/mol. The maximum Gasteiger partial charge on any atom is 0.245 e. The number of halogens is 2. The molecule has 2 heterocycles. The van der Waals surface area contributed by atoms with Gasteiger partial charge in [0.15, 0.2) is 5.52 Å². The summed E-state index contributed by atoms with van der Waals surface area (Å²) in [5.74, 6) is 0.441. The Balaban J connectivity index is 2.04. The maximum absolute atomic E-state index is 6.45. The molecule has 0 radical (unpaired) electrons. The lowest BCUT2D eigenvalue weighted by molar-refractivity contribution is 0.235. The van der Waals surface area contributed by atoms with Gasteiger partial charge in [-0.25, -0.2) is 9.67 Å². The Bertz CT molecular complexity index is 1110. The van der Waals surface area contributed by atoms with Gasteiger partial charge >= 0.3 is 0 Å². The maximum atomic E-state index is 6.45. The highest BCUT2D eigenvalue weighted by Crippen LogP contribution is 2.35. The lowest BCUT2D eigenvalue weighted by Crippen LogP contribution is -2.07. The molecule has 2 aromatic heterocycles. The molecule has 4 rings (SSSR count). The van der Waals surface area contributed by atoms with E-state index in [2.05, 4.69) is 9.97 Å². The lowest BCUT2D eigenvalue weighted by atomic mass is 10.1. The molecule has 0 aliphatic carbocycles. The Labute approximate surface area is 166 Å². The number of benzene rings is 2. The summed E-state index contributed by atoms with van der Waals surface area (Å²) >= 11 is 12.5. The van der Waals surface area contributed by atoms with Crippen LogP contribution in [0.1, 0.15) is 13.8 Å². The zero-order valence-corrected chi connectivity index (χ0v) is 16.2. The highest BCUT2D eigenvalue weighted by atomic mass is 35.5. The second kappa shape index (κ2) is 7.18. The Morgan fingerprint density at radius 2 is 1.67 bits per heavy atom. The predicted octanol–water partition coefficient (Wildman–Crippen LogP) is 5.58. The van der Waals surface area contributed by atoms with E-state index in [0.29, 0.717) is 27.0 Å². The van der Waals surface area contributed by atoms with Crippen molar-refractivity contribution < 1.29 is 4.74 Å². The average Bonchev–Trinajstić information content (AvgIpc) is 3.03. The van der Waals surface area contributed by atoms with Crippen LogP contribution in [-0.2, 0) is 0 Å². The van der Waals surface area contributed by atoms with Gasteiger partial charge in [-0.15, -0.1) is 0 Å². The summed E-state index contributed by atoms with van der Waals surface area (Å²) in [5.41, 5.74) is 3.72. The number of ether oxygens (including phenoxy) is 1. The van der Waals surface area contributed by atoms with Gasteiger partial charge in [0.1, 0.15) is 17.5 Å². The summed E-state index contributed by atoms with van der Waals surface area (Å²) in [5, 5.41) is 5.99. The Hall–Kier alpha value is -2.63. The van der Waals surface area contributed by atoms with Crippen LogP contribution in [0.25, 0.3) is 28.0 Å². The van der Waals surface area contributed by atoms with Gasteiger partial charge in [0, 0.05) is 10.6 Å². The standard InChI is InChI=1S/C20H16Cl2N4O/c1-12(2)27-20-18-17(23-11-24-20)19(13-7-9-14(21)10-8-13)26(25-18)16-6-4-3-5-15(16)22/h3-12H,1-2H3. The minimum atomic E-state index is -0.0347. The molecule has 0 bridgehead atoms. The van der Waals surface area contributed by atoms with Crippen LogP contribution in [0.15, 0.2) is 54.9 Å². The Morgan fingerprint density at radius 1 is 0.926 bits per heavy atom. The molecule has 0 N–H and O–H groups in total. The number of para-hydroxylation sites is 1. The van der Waals surface area contributed by atoms with Gasteiger partial charge in [-0.2, -0.15) is 10.1 Å². The summed E-state index contributed by atoms with van der Waals surface area (Å²) in [6, 6.07) is 15.0. The fraction of sp³-hybridized carbons (Fsp3) is 0.150. The fourth-order valence-electron chi connectivity index (χ4n) is 2.85. The Morgan fingerprint density at radius 3 is 2.37 bits per heavy atom. The van der Waals surface area contributed by atoms with E-state index in [4.69, 9.17) is 33.0 Å². The van der Waals surface area contributed by atoms with Gasteiger partial charge in [0.2, 0.25) is 5.88 Å². The second-order valence-corrected chi connectivity index (χ2v) is 7.10. The van der Waals surface area contributed by atoms with Crippen molar-refractivity contribution >= 4 is 34.2 Å². The van der Waals surface area contributed by atoms with Crippen LogP contribution in [0.3, 0.4) is 0 Å². The molecule has 0 atom stereocenters. The van der Waals surface area contributed by atoms with E-state index >= 15 is 0 Å². The molecule has 0 saturated carbocycles. The van der Waals surface area contributed by atoms with Crippen molar-refractivity contribution in [1.82, 2.24) is 19.7 Å². The van der Waals surface area contributed by atoms with E-state index in [0.717, 1.165) is 16.9 Å². The molecule has 2 aromatic carbocycles. The van der Waals surface area contributed by atoms with Crippen LogP contribution in [0, 0.1) is 0 Å². The van der Waals surface area contributed by atoms with Crippen molar-refractivity contribution in [1.29, 1.82) is 0 Å². The highest BCUT2D eigenvalue weighted by molar-refractivity contribution is 6.32. The van der Waals surface area contributed by atoms with E-state index in [-0.39, 0.29) is 6.10 Å². The summed E-state index contributed by atoms with van der Waals surface area (Å²) < 4.78 is 7.61. The Kier molecular flexibility index (Phi) is 4.72. The van der Waals surface area contributed by atoms with Gasteiger partial charge in [0.05, 0.1) is 16.8 Å². The van der Waals surface area contributed by atoms with Gasteiger partial charge < -0.3 is 4.74 Å². The quantitative estimate of drug-likeness (QED) is 0.450. The topological polar surface area (TPSA) is 52.8 Å². The van der Waals surface area contributed by atoms with Crippen LogP contribution in [-0.4, -0.2) is 25.9 Å². The fourth-order valence-corrected chi connectivity index (χ4v) is 3.19. The predicted molar refractivity (Wildman–Crippen MR) is 108 cm³/mol. The first-order valence-corrected chi connectivity index (χ1v) is 9.21. The molecule has 136 valence electrons. The summed E-state index contributed by atoms with van der Waals surface area (Å²) in [6.07, 6.45) is 1.45. The summed E-state index contributed by atoms with van der Waals surface area (Å²) in [4.78, 5) is 8.74. The first-order valence-electron chi connectivity index (χ1n) is 8.46. The van der Waals surface area contributed by atoms with Gasteiger partial charge in [-0.05, 0) is 38.1 Å². The first-order chi connectivity index (χ1) is 13.0. The number of fused-ring (bicyclic) bond motifs is 1. The zero-order valence-electron chi connectivity index (χ0n) is 14.7. The summed E-state index contributed by atoms with van der Waals surface area (Å²) in [7, 11) is 0. The third-order valence-corrected chi connectivity index (χ3v) is 4.54. The van der Waals surface area contributed by atoms with Crippen LogP contribution < -0.4 is 4.74 Å². The molecule has 5 nitrogen and oxygen atoms in total. The second-order valence-electron chi connectivity index (χ2n) is 6.26. The number of aromatic nitrogens is 4. The van der Waals surface area contributed by atoms with Crippen LogP contribution in [0.2, 0.25) is 10.0 Å². The van der Waals surface area contributed by atoms with E-state index in [9.17, 15) is 0 Å². The molecule has 0 spiro atoms. The number of hydrogen-bond acceptors (Lipinski definition) is 4.